The van der Waals surface area contributed by atoms with E-state index >= 15 is 0 Å². The highest BCUT2D eigenvalue weighted by atomic mass is 16.5. The van der Waals surface area contributed by atoms with Gasteiger partial charge in [0, 0.05) is 12.3 Å². The lowest BCUT2D eigenvalue weighted by molar-refractivity contribution is -0.134. The number of nitrogens with zero attached hydrogens (tertiary/aromatic N) is 2. The van der Waals surface area contributed by atoms with Crippen LogP contribution in [0.4, 0.5) is 4.79 Å². The molecule has 1 aromatic carbocycles. The Hall–Kier alpha value is -2.93. The first-order chi connectivity index (χ1) is 14.6. The largest absolute Gasteiger partial charge is 0.497 e. The molecule has 0 radical (unpaired) electrons. The molecule has 0 saturated carbocycles. The number of rotatable bonds is 7. The standard InChI is InChI=1S/C23H28N4O3/c1-30-20-10-14-25-19(15-20)16-27-21(28)23(26-22(27)29,18-8-12-24-13-9-18)11-7-17-5-3-2-4-6-17/h2-6,10,14-15,18,24H,7-9,11-13,16H2,1H3,(H,26,29). The highest BCUT2D eigenvalue weighted by Gasteiger charge is 2.55. The van der Waals surface area contributed by atoms with Gasteiger partial charge in [-0.1, -0.05) is 30.3 Å². The van der Waals surface area contributed by atoms with Gasteiger partial charge in [0.1, 0.15) is 11.3 Å². The van der Waals surface area contributed by atoms with Crippen LogP contribution in [0.15, 0.2) is 48.7 Å². The summed E-state index contributed by atoms with van der Waals surface area (Å²) >= 11 is 0. The Morgan fingerprint density at radius 1 is 1.17 bits per heavy atom. The molecule has 158 valence electrons. The number of benzene rings is 1. The molecule has 2 N–H and O–H groups in total. The average molecular weight is 409 g/mol. The molecule has 2 aromatic rings. The number of urea groups is 1. The van der Waals surface area contributed by atoms with Crippen LogP contribution in [0.2, 0.25) is 0 Å². The number of pyridine rings is 1. The number of amides is 3. The minimum atomic E-state index is -0.867. The number of nitrogens with one attached hydrogen (secondary N) is 2. The van der Waals surface area contributed by atoms with Crippen molar-refractivity contribution < 1.29 is 14.3 Å². The summed E-state index contributed by atoms with van der Waals surface area (Å²) in [7, 11) is 1.58. The summed E-state index contributed by atoms with van der Waals surface area (Å²) in [4.78, 5) is 32.2. The van der Waals surface area contributed by atoms with Gasteiger partial charge >= 0.3 is 6.03 Å². The van der Waals surface area contributed by atoms with Crippen molar-refractivity contribution in [1.82, 2.24) is 20.5 Å². The molecule has 1 aromatic heterocycles. The van der Waals surface area contributed by atoms with Gasteiger partial charge in [-0.25, -0.2) is 4.79 Å². The Kier molecular flexibility index (Phi) is 5.99. The van der Waals surface area contributed by atoms with E-state index in [-0.39, 0.29) is 24.4 Å². The third-order valence-electron chi connectivity index (χ3n) is 6.23. The monoisotopic (exact) mass is 408 g/mol. The van der Waals surface area contributed by atoms with Gasteiger partial charge in [-0.3, -0.25) is 14.7 Å². The molecule has 7 nitrogen and oxygen atoms in total. The molecule has 0 spiro atoms. The maximum Gasteiger partial charge on any atom is 0.325 e. The van der Waals surface area contributed by atoms with Crippen LogP contribution < -0.4 is 15.4 Å². The summed E-state index contributed by atoms with van der Waals surface area (Å²) in [5.74, 6) is 0.628. The maximum absolute atomic E-state index is 13.7. The van der Waals surface area contributed by atoms with Crippen LogP contribution in [-0.2, 0) is 17.8 Å². The first-order valence-electron chi connectivity index (χ1n) is 10.5. The van der Waals surface area contributed by atoms with Crippen molar-refractivity contribution in [2.45, 2.75) is 37.8 Å². The molecule has 4 rings (SSSR count). The van der Waals surface area contributed by atoms with Crippen LogP contribution in [0.25, 0.3) is 0 Å². The molecule has 2 fully saturated rings. The van der Waals surface area contributed by atoms with E-state index in [1.54, 1.807) is 25.4 Å². The third-order valence-corrected chi connectivity index (χ3v) is 6.23. The summed E-state index contributed by atoms with van der Waals surface area (Å²) in [6, 6.07) is 13.3. The number of hydrogen-bond acceptors (Lipinski definition) is 5. The Balaban J connectivity index is 1.59. The quantitative estimate of drug-likeness (QED) is 0.688. The van der Waals surface area contributed by atoms with Crippen molar-refractivity contribution in [3.05, 3.63) is 59.9 Å². The lowest BCUT2D eigenvalue weighted by Crippen LogP contribution is -2.56. The summed E-state index contributed by atoms with van der Waals surface area (Å²) in [6.07, 6.45) is 4.69. The van der Waals surface area contributed by atoms with Crippen molar-refractivity contribution in [3.63, 3.8) is 0 Å². The van der Waals surface area contributed by atoms with Gasteiger partial charge in [0.25, 0.3) is 5.91 Å². The Labute approximate surface area is 176 Å². The van der Waals surface area contributed by atoms with Crippen molar-refractivity contribution >= 4 is 11.9 Å². The highest BCUT2D eigenvalue weighted by Crippen LogP contribution is 2.36. The molecule has 1 unspecified atom stereocenters. The van der Waals surface area contributed by atoms with Crippen molar-refractivity contribution in [2.24, 2.45) is 5.92 Å². The topological polar surface area (TPSA) is 83.6 Å². The van der Waals surface area contributed by atoms with Crippen LogP contribution in [0.3, 0.4) is 0 Å². The van der Waals surface area contributed by atoms with Crippen molar-refractivity contribution in [2.75, 3.05) is 20.2 Å². The number of ether oxygens (including phenoxy) is 1. The Morgan fingerprint density at radius 2 is 1.93 bits per heavy atom. The highest BCUT2D eigenvalue weighted by molar-refractivity contribution is 6.07. The zero-order chi connectivity index (χ0) is 21.0. The number of carbonyl (C=O) groups excluding carboxylic acids is 2. The molecule has 3 heterocycles. The molecule has 3 amide bonds. The molecule has 2 aliphatic heterocycles. The van der Waals surface area contributed by atoms with Crippen LogP contribution in [0, 0.1) is 5.92 Å². The average Bonchev–Trinajstić information content (AvgIpc) is 3.04. The third kappa shape index (κ3) is 4.03. The second-order valence-corrected chi connectivity index (χ2v) is 7.99. The number of aromatic nitrogens is 1. The van der Waals surface area contributed by atoms with Gasteiger partial charge in [-0.2, -0.15) is 0 Å². The second kappa shape index (κ2) is 8.83. The lowest BCUT2D eigenvalue weighted by Gasteiger charge is -2.38. The zero-order valence-electron chi connectivity index (χ0n) is 17.3. The Morgan fingerprint density at radius 3 is 2.67 bits per heavy atom. The molecular weight excluding hydrogens is 380 g/mol. The van der Waals surface area contributed by atoms with E-state index in [2.05, 4.69) is 27.8 Å². The van der Waals surface area contributed by atoms with E-state index < -0.39 is 5.54 Å². The first kappa shape index (κ1) is 20.3. The van der Waals surface area contributed by atoms with Gasteiger partial charge in [-0.15, -0.1) is 0 Å². The number of carbonyl (C=O) groups is 2. The van der Waals surface area contributed by atoms with Gasteiger partial charge in [0.2, 0.25) is 0 Å². The molecule has 2 saturated heterocycles. The van der Waals surface area contributed by atoms with Gasteiger partial charge in [0.15, 0.2) is 0 Å². The smallest absolute Gasteiger partial charge is 0.325 e. The predicted molar refractivity (Wildman–Crippen MR) is 113 cm³/mol. The first-order valence-corrected chi connectivity index (χ1v) is 10.5. The minimum absolute atomic E-state index is 0.113. The maximum atomic E-state index is 13.7. The fraction of sp³-hybridized carbons (Fsp3) is 0.435. The number of piperidine rings is 1. The van der Waals surface area contributed by atoms with Crippen molar-refractivity contribution in [3.8, 4) is 5.75 Å². The second-order valence-electron chi connectivity index (χ2n) is 7.99. The number of hydrogen-bond donors (Lipinski definition) is 2. The Bertz CT molecular complexity index is 898. The summed E-state index contributed by atoms with van der Waals surface area (Å²) in [5, 5.41) is 6.46. The normalized spacial score (nSPS) is 22.2. The SMILES string of the molecule is COc1ccnc(CN2C(=O)NC(CCc3ccccc3)(C3CCNCC3)C2=O)c1. The van der Waals surface area contributed by atoms with Crippen LogP contribution in [0.5, 0.6) is 5.75 Å². The predicted octanol–water partition coefficient (Wildman–Crippen LogP) is 2.51. The number of methoxy groups -OCH3 is 1. The van der Waals surface area contributed by atoms with Gasteiger partial charge < -0.3 is 15.4 Å². The van der Waals surface area contributed by atoms with Crippen LogP contribution in [-0.4, -0.2) is 47.6 Å². The van der Waals surface area contributed by atoms with E-state index in [1.165, 1.54) is 10.5 Å². The summed E-state index contributed by atoms with van der Waals surface area (Å²) in [5.41, 5.74) is 0.927. The molecule has 0 bridgehead atoms. The minimum Gasteiger partial charge on any atom is -0.497 e. The van der Waals surface area contributed by atoms with E-state index in [1.807, 2.05) is 18.2 Å². The fourth-order valence-electron chi connectivity index (χ4n) is 4.57. The van der Waals surface area contributed by atoms with Gasteiger partial charge in [-0.05, 0) is 56.3 Å². The van der Waals surface area contributed by atoms with E-state index in [0.29, 0.717) is 17.9 Å². The molecule has 2 aliphatic rings. The molecular formula is C23H28N4O3. The summed E-state index contributed by atoms with van der Waals surface area (Å²) in [6.45, 7) is 1.86. The molecule has 1 atom stereocenters. The number of aryl methyl sites for hydroxylation is 1. The van der Waals surface area contributed by atoms with Gasteiger partial charge in [0.05, 0.1) is 19.3 Å². The fourth-order valence-corrected chi connectivity index (χ4v) is 4.57. The number of imide groups is 1. The molecule has 30 heavy (non-hydrogen) atoms. The van der Waals surface area contributed by atoms with Crippen LogP contribution in [0.1, 0.15) is 30.5 Å². The zero-order valence-corrected chi connectivity index (χ0v) is 17.3. The summed E-state index contributed by atoms with van der Waals surface area (Å²) < 4.78 is 5.25. The van der Waals surface area contributed by atoms with E-state index in [0.717, 1.165) is 32.4 Å². The van der Waals surface area contributed by atoms with Crippen LogP contribution >= 0.6 is 0 Å². The molecule has 0 aliphatic carbocycles. The van der Waals surface area contributed by atoms with E-state index in [9.17, 15) is 9.59 Å². The lowest BCUT2D eigenvalue weighted by atomic mass is 9.74. The van der Waals surface area contributed by atoms with Crippen molar-refractivity contribution in [1.29, 1.82) is 0 Å². The molecule has 7 heteroatoms. The van der Waals surface area contributed by atoms with E-state index in [4.69, 9.17) is 4.74 Å².